The molecule has 1 aliphatic heterocycles. The zero-order valence-corrected chi connectivity index (χ0v) is 16.7. The van der Waals surface area contributed by atoms with Gasteiger partial charge in [-0.2, -0.15) is 0 Å². The van der Waals surface area contributed by atoms with Crippen molar-refractivity contribution in [1.29, 1.82) is 0 Å². The Morgan fingerprint density at radius 2 is 1.79 bits per heavy atom. The Morgan fingerprint density at radius 1 is 1.00 bits per heavy atom. The number of benzene rings is 1. The molecule has 0 spiro atoms. The quantitative estimate of drug-likeness (QED) is 0.458. The molecule has 0 unspecified atom stereocenters. The first-order valence-electron chi connectivity index (χ1n) is 9.31. The summed E-state index contributed by atoms with van der Waals surface area (Å²) in [5.74, 6) is 0.983. The first-order chi connectivity index (χ1) is 13.7. The molecular formula is C22H18ClN3OS. The van der Waals surface area contributed by atoms with Gasteiger partial charge in [-0.25, -0.2) is 4.98 Å². The SMILES string of the molecule is O=c1c2sc(-c3ccc(Cl)cc3)cc2ccn1-c1ccc(N2CCCC2)nc1. The number of aromatic nitrogens is 2. The summed E-state index contributed by atoms with van der Waals surface area (Å²) in [4.78, 5) is 21.0. The summed E-state index contributed by atoms with van der Waals surface area (Å²) in [6.07, 6.45) is 6.05. The molecule has 6 heteroatoms. The van der Waals surface area contributed by atoms with Gasteiger partial charge in [-0.1, -0.05) is 23.7 Å². The van der Waals surface area contributed by atoms with Gasteiger partial charge >= 0.3 is 0 Å². The van der Waals surface area contributed by atoms with Crippen LogP contribution in [0.3, 0.4) is 0 Å². The fourth-order valence-electron chi connectivity index (χ4n) is 3.64. The Labute approximate surface area is 171 Å². The van der Waals surface area contributed by atoms with Crippen molar-refractivity contribution in [2.45, 2.75) is 12.8 Å². The molecule has 5 rings (SSSR count). The fourth-order valence-corrected chi connectivity index (χ4v) is 4.86. The maximum absolute atomic E-state index is 13.1. The zero-order chi connectivity index (χ0) is 19.1. The number of pyridine rings is 2. The van der Waals surface area contributed by atoms with Crippen LogP contribution < -0.4 is 10.5 Å². The number of rotatable bonds is 3. The van der Waals surface area contributed by atoms with Crippen LogP contribution >= 0.6 is 22.9 Å². The third kappa shape index (κ3) is 3.11. The largest absolute Gasteiger partial charge is 0.357 e. The Bertz CT molecular complexity index is 1190. The summed E-state index contributed by atoms with van der Waals surface area (Å²) in [5, 5.41) is 1.66. The molecule has 3 aromatic heterocycles. The molecule has 140 valence electrons. The Hall–Kier alpha value is -2.63. The van der Waals surface area contributed by atoms with E-state index in [0.717, 1.165) is 45.1 Å². The van der Waals surface area contributed by atoms with Crippen molar-refractivity contribution in [3.8, 4) is 16.1 Å². The average Bonchev–Trinajstić information content (AvgIpc) is 3.40. The van der Waals surface area contributed by atoms with Crippen molar-refractivity contribution in [3.05, 3.63) is 76.3 Å². The lowest BCUT2D eigenvalue weighted by Crippen LogP contribution is -2.20. The lowest BCUT2D eigenvalue weighted by molar-refractivity contribution is 0.926. The third-order valence-electron chi connectivity index (χ3n) is 5.15. The summed E-state index contributed by atoms with van der Waals surface area (Å²) in [6, 6.07) is 15.7. The van der Waals surface area contributed by atoms with E-state index in [-0.39, 0.29) is 5.56 Å². The van der Waals surface area contributed by atoms with Crippen LogP contribution in [-0.2, 0) is 0 Å². The molecule has 1 fully saturated rings. The molecule has 0 atom stereocenters. The number of nitrogens with zero attached hydrogens (tertiary/aromatic N) is 3. The van der Waals surface area contributed by atoms with Crippen molar-refractivity contribution in [3.63, 3.8) is 0 Å². The van der Waals surface area contributed by atoms with Crippen molar-refractivity contribution < 1.29 is 0 Å². The summed E-state index contributed by atoms with van der Waals surface area (Å²) in [7, 11) is 0. The van der Waals surface area contributed by atoms with Crippen molar-refractivity contribution >= 4 is 38.8 Å². The van der Waals surface area contributed by atoms with Crippen molar-refractivity contribution in [2.75, 3.05) is 18.0 Å². The van der Waals surface area contributed by atoms with Gasteiger partial charge in [0.1, 0.15) is 10.5 Å². The van der Waals surface area contributed by atoms with Crippen LogP contribution in [0.2, 0.25) is 5.02 Å². The van der Waals surface area contributed by atoms with E-state index in [0.29, 0.717) is 5.02 Å². The van der Waals surface area contributed by atoms with Crippen LogP contribution in [0.1, 0.15) is 12.8 Å². The van der Waals surface area contributed by atoms with Crippen molar-refractivity contribution in [1.82, 2.24) is 9.55 Å². The van der Waals surface area contributed by atoms with Crippen LogP contribution in [0, 0.1) is 0 Å². The molecule has 0 saturated carbocycles. The monoisotopic (exact) mass is 407 g/mol. The minimum Gasteiger partial charge on any atom is -0.357 e. The Balaban J connectivity index is 1.52. The second kappa shape index (κ2) is 7.08. The van der Waals surface area contributed by atoms with E-state index in [2.05, 4.69) is 16.0 Å². The summed E-state index contributed by atoms with van der Waals surface area (Å²) < 4.78 is 2.42. The van der Waals surface area contributed by atoms with E-state index in [1.807, 2.05) is 48.7 Å². The molecule has 1 aliphatic rings. The topological polar surface area (TPSA) is 38.1 Å². The van der Waals surface area contributed by atoms with Crippen LogP contribution in [0.25, 0.3) is 26.2 Å². The van der Waals surface area contributed by atoms with Gasteiger partial charge in [-0.05, 0) is 54.8 Å². The molecule has 4 heterocycles. The molecule has 1 saturated heterocycles. The molecule has 0 N–H and O–H groups in total. The predicted octanol–water partition coefficient (Wildman–Crippen LogP) is 5.37. The van der Waals surface area contributed by atoms with Crippen LogP contribution in [0.5, 0.6) is 0 Å². The van der Waals surface area contributed by atoms with Crippen LogP contribution in [-0.4, -0.2) is 22.6 Å². The normalized spacial score (nSPS) is 14.1. The molecule has 0 aliphatic carbocycles. The van der Waals surface area contributed by atoms with Gasteiger partial charge in [0.25, 0.3) is 5.56 Å². The second-order valence-corrected chi connectivity index (χ2v) is 8.45. The molecular weight excluding hydrogens is 390 g/mol. The van der Waals surface area contributed by atoms with Gasteiger partial charge in [-0.3, -0.25) is 9.36 Å². The lowest BCUT2D eigenvalue weighted by atomic mass is 10.2. The minimum atomic E-state index is -0.0153. The molecule has 0 radical (unpaired) electrons. The van der Waals surface area contributed by atoms with Gasteiger partial charge in [-0.15, -0.1) is 11.3 Å². The van der Waals surface area contributed by atoms with Crippen molar-refractivity contribution in [2.24, 2.45) is 0 Å². The third-order valence-corrected chi connectivity index (χ3v) is 6.59. The molecule has 0 amide bonds. The lowest BCUT2D eigenvalue weighted by Gasteiger charge is -2.16. The maximum atomic E-state index is 13.1. The van der Waals surface area contributed by atoms with Gasteiger partial charge < -0.3 is 4.90 Å². The van der Waals surface area contributed by atoms with E-state index >= 15 is 0 Å². The number of thiophene rings is 1. The highest BCUT2D eigenvalue weighted by Gasteiger charge is 2.14. The highest BCUT2D eigenvalue weighted by molar-refractivity contribution is 7.22. The van der Waals surface area contributed by atoms with Gasteiger partial charge in [0, 0.05) is 34.6 Å². The molecule has 28 heavy (non-hydrogen) atoms. The number of anilines is 1. The molecule has 0 bridgehead atoms. The highest BCUT2D eigenvalue weighted by atomic mass is 35.5. The summed E-state index contributed by atoms with van der Waals surface area (Å²) >= 11 is 7.50. The number of fused-ring (bicyclic) bond motifs is 1. The Morgan fingerprint density at radius 3 is 2.50 bits per heavy atom. The first-order valence-corrected chi connectivity index (χ1v) is 10.5. The minimum absolute atomic E-state index is 0.0153. The highest BCUT2D eigenvalue weighted by Crippen LogP contribution is 2.32. The summed E-state index contributed by atoms with van der Waals surface area (Å²) in [5.41, 5.74) is 1.84. The number of hydrogen-bond acceptors (Lipinski definition) is 4. The van der Waals surface area contributed by atoms with E-state index in [1.165, 1.54) is 24.2 Å². The molecule has 4 aromatic rings. The predicted molar refractivity (Wildman–Crippen MR) is 117 cm³/mol. The van der Waals surface area contributed by atoms with Gasteiger partial charge in [0.2, 0.25) is 0 Å². The molecule has 4 nitrogen and oxygen atoms in total. The van der Waals surface area contributed by atoms with E-state index in [9.17, 15) is 4.79 Å². The van der Waals surface area contributed by atoms with E-state index in [1.54, 1.807) is 10.8 Å². The maximum Gasteiger partial charge on any atom is 0.273 e. The number of halogens is 1. The fraction of sp³-hybridized carbons (Fsp3) is 0.182. The Kier molecular flexibility index (Phi) is 4.41. The van der Waals surface area contributed by atoms with Gasteiger partial charge in [0.15, 0.2) is 0 Å². The van der Waals surface area contributed by atoms with E-state index in [4.69, 9.17) is 11.6 Å². The average molecular weight is 408 g/mol. The van der Waals surface area contributed by atoms with Crippen LogP contribution in [0.15, 0.2) is 65.7 Å². The zero-order valence-electron chi connectivity index (χ0n) is 15.1. The first kappa shape index (κ1) is 17.5. The summed E-state index contributed by atoms with van der Waals surface area (Å²) in [6.45, 7) is 2.11. The standard InChI is InChI=1S/C22H18ClN3OS/c23-17-5-3-15(4-6-17)19-13-16-9-12-26(22(27)21(16)28-19)18-7-8-20(24-14-18)25-10-1-2-11-25/h3-9,12-14H,1-2,10-11H2. The van der Waals surface area contributed by atoms with Gasteiger partial charge in [0.05, 0.1) is 11.9 Å². The number of hydrogen-bond donors (Lipinski definition) is 0. The van der Waals surface area contributed by atoms with E-state index < -0.39 is 0 Å². The molecule has 1 aromatic carbocycles. The smallest absolute Gasteiger partial charge is 0.273 e. The van der Waals surface area contributed by atoms with Crippen LogP contribution in [0.4, 0.5) is 5.82 Å². The second-order valence-electron chi connectivity index (χ2n) is 6.96.